The molecule has 6 heteroatoms. The molecule has 0 heterocycles. The Hall–Kier alpha value is -2.86. The number of hydrogen-bond acceptors (Lipinski definition) is 4. The van der Waals surface area contributed by atoms with Crippen molar-refractivity contribution in [3.8, 4) is 5.75 Å². The fourth-order valence-corrected chi connectivity index (χ4v) is 2.61. The van der Waals surface area contributed by atoms with Crippen LogP contribution in [0.5, 0.6) is 5.75 Å². The fourth-order valence-electron chi connectivity index (χ4n) is 2.61. The number of hydrogen-bond donors (Lipinski definition) is 2. The van der Waals surface area contributed by atoms with Crippen molar-refractivity contribution in [1.82, 2.24) is 10.2 Å². The van der Waals surface area contributed by atoms with Crippen molar-refractivity contribution in [2.45, 2.75) is 26.3 Å². The number of nitrogens with zero attached hydrogens (tertiary/aromatic N) is 1. The van der Waals surface area contributed by atoms with Crippen LogP contribution in [-0.4, -0.2) is 44.0 Å². The second-order valence-electron chi connectivity index (χ2n) is 6.85. The van der Waals surface area contributed by atoms with Crippen LogP contribution in [0, 0.1) is 0 Å². The third kappa shape index (κ3) is 7.04. The highest BCUT2D eigenvalue weighted by atomic mass is 16.5. The lowest BCUT2D eigenvalue weighted by Gasteiger charge is -2.15. The highest BCUT2D eigenvalue weighted by Gasteiger charge is 2.10. The summed E-state index contributed by atoms with van der Waals surface area (Å²) in [5.74, 6) is 0.177. The molecule has 0 bridgehead atoms. The number of amides is 2. The Morgan fingerprint density at radius 1 is 1.04 bits per heavy atom. The van der Waals surface area contributed by atoms with E-state index >= 15 is 0 Å². The molecule has 0 aromatic heterocycles. The summed E-state index contributed by atoms with van der Waals surface area (Å²) in [7, 11) is 3.94. The van der Waals surface area contributed by atoms with E-state index in [-0.39, 0.29) is 18.4 Å². The van der Waals surface area contributed by atoms with E-state index in [4.69, 9.17) is 4.74 Å². The van der Waals surface area contributed by atoms with Crippen molar-refractivity contribution in [3.05, 3.63) is 59.7 Å². The monoisotopic (exact) mass is 383 g/mol. The van der Waals surface area contributed by atoms with Crippen LogP contribution in [0.25, 0.3) is 0 Å². The Balaban J connectivity index is 1.85. The van der Waals surface area contributed by atoms with Gasteiger partial charge in [-0.2, -0.15) is 0 Å². The first-order valence-electron chi connectivity index (χ1n) is 9.53. The molecule has 0 fully saturated rings. The lowest BCUT2D eigenvalue weighted by molar-refractivity contribution is -0.115. The maximum atomic E-state index is 12.2. The van der Waals surface area contributed by atoms with Gasteiger partial charge in [-0.3, -0.25) is 9.59 Å². The summed E-state index contributed by atoms with van der Waals surface area (Å²) >= 11 is 0. The molecular formula is C22H29N3O3. The van der Waals surface area contributed by atoms with Crippen molar-refractivity contribution in [3.63, 3.8) is 0 Å². The minimum atomic E-state index is -0.295. The van der Waals surface area contributed by atoms with Gasteiger partial charge in [-0.05, 0) is 56.4 Å². The van der Waals surface area contributed by atoms with E-state index in [1.54, 1.807) is 24.3 Å². The summed E-state index contributed by atoms with van der Waals surface area (Å²) in [4.78, 5) is 26.5. The van der Waals surface area contributed by atoms with Crippen molar-refractivity contribution in [2.24, 2.45) is 0 Å². The highest BCUT2D eigenvalue weighted by Crippen LogP contribution is 2.16. The number of unbranched alkanes of at least 4 members (excludes halogenated alkanes) is 1. The molecule has 0 unspecified atom stereocenters. The molecule has 2 N–H and O–H groups in total. The van der Waals surface area contributed by atoms with Gasteiger partial charge < -0.3 is 20.3 Å². The molecule has 0 radical (unpaired) electrons. The third-order valence-electron chi connectivity index (χ3n) is 4.07. The number of para-hydroxylation sites is 1. The average Bonchev–Trinajstić information content (AvgIpc) is 2.68. The number of anilines is 1. The molecule has 2 aromatic carbocycles. The second kappa shape index (κ2) is 11.1. The van der Waals surface area contributed by atoms with E-state index in [0.29, 0.717) is 12.2 Å². The Bertz CT molecular complexity index is 773. The molecule has 6 nitrogen and oxygen atoms in total. The molecule has 28 heavy (non-hydrogen) atoms. The standard InChI is InChI=1S/C22H29N3O3/c1-4-5-14-28-19-12-10-17(11-13-19)22(27)23-15-21(26)24-20-9-7-6-8-18(20)16-25(2)3/h6-13H,4-5,14-16H2,1-3H3,(H,23,27)(H,24,26). The summed E-state index contributed by atoms with van der Waals surface area (Å²) in [5, 5.41) is 5.51. The van der Waals surface area contributed by atoms with E-state index in [0.717, 1.165) is 36.4 Å². The molecule has 0 atom stereocenters. The molecule has 0 saturated heterocycles. The lowest BCUT2D eigenvalue weighted by Crippen LogP contribution is -2.33. The van der Waals surface area contributed by atoms with Crippen LogP contribution in [0.4, 0.5) is 5.69 Å². The average molecular weight is 383 g/mol. The van der Waals surface area contributed by atoms with Crippen LogP contribution >= 0.6 is 0 Å². The molecular weight excluding hydrogens is 354 g/mol. The lowest BCUT2D eigenvalue weighted by atomic mass is 10.1. The first-order chi connectivity index (χ1) is 13.5. The van der Waals surface area contributed by atoms with Crippen LogP contribution in [0.2, 0.25) is 0 Å². The summed E-state index contributed by atoms with van der Waals surface area (Å²) in [5.41, 5.74) is 2.26. The Morgan fingerprint density at radius 2 is 1.75 bits per heavy atom. The SMILES string of the molecule is CCCCOc1ccc(C(=O)NCC(=O)Nc2ccccc2CN(C)C)cc1. The number of ether oxygens (including phenoxy) is 1. The molecule has 0 saturated carbocycles. The number of nitrogens with one attached hydrogen (secondary N) is 2. The van der Waals surface area contributed by atoms with Gasteiger partial charge in [0.15, 0.2) is 0 Å². The van der Waals surface area contributed by atoms with Crippen LogP contribution in [0.1, 0.15) is 35.7 Å². The maximum Gasteiger partial charge on any atom is 0.251 e. The predicted molar refractivity (Wildman–Crippen MR) is 112 cm³/mol. The molecule has 2 rings (SSSR count). The van der Waals surface area contributed by atoms with Crippen molar-refractivity contribution >= 4 is 17.5 Å². The zero-order valence-electron chi connectivity index (χ0n) is 16.8. The van der Waals surface area contributed by atoms with E-state index in [9.17, 15) is 9.59 Å². The zero-order chi connectivity index (χ0) is 20.4. The van der Waals surface area contributed by atoms with Gasteiger partial charge in [0.25, 0.3) is 5.91 Å². The summed E-state index contributed by atoms with van der Waals surface area (Å²) < 4.78 is 5.59. The summed E-state index contributed by atoms with van der Waals surface area (Å²) in [6.45, 7) is 3.39. The molecule has 0 aliphatic heterocycles. The summed E-state index contributed by atoms with van der Waals surface area (Å²) in [6, 6.07) is 14.6. The number of carbonyl (C=O) groups is 2. The van der Waals surface area contributed by atoms with Crippen molar-refractivity contribution in [2.75, 3.05) is 32.6 Å². The van der Waals surface area contributed by atoms with Crippen molar-refractivity contribution in [1.29, 1.82) is 0 Å². The fraction of sp³-hybridized carbons (Fsp3) is 0.364. The van der Waals surface area contributed by atoms with E-state index < -0.39 is 0 Å². The molecule has 2 amide bonds. The van der Waals surface area contributed by atoms with E-state index in [1.807, 2.05) is 43.3 Å². The smallest absolute Gasteiger partial charge is 0.251 e. The minimum Gasteiger partial charge on any atom is -0.494 e. The van der Waals surface area contributed by atoms with Crippen molar-refractivity contribution < 1.29 is 14.3 Å². The highest BCUT2D eigenvalue weighted by molar-refractivity contribution is 5.99. The number of benzene rings is 2. The topological polar surface area (TPSA) is 70.7 Å². The maximum absolute atomic E-state index is 12.2. The van der Waals surface area contributed by atoms with Crippen LogP contribution in [0.3, 0.4) is 0 Å². The van der Waals surface area contributed by atoms with Crippen LogP contribution in [0.15, 0.2) is 48.5 Å². The van der Waals surface area contributed by atoms with Gasteiger partial charge in [-0.15, -0.1) is 0 Å². The van der Waals surface area contributed by atoms with Gasteiger partial charge in [-0.1, -0.05) is 31.5 Å². The van der Waals surface area contributed by atoms with Gasteiger partial charge in [0.05, 0.1) is 13.2 Å². The van der Waals surface area contributed by atoms with Gasteiger partial charge in [0.2, 0.25) is 5.91 Å². The van der Waals surface area contributed by atoms with Crippen LogP contribution in [-0.2, 0) is 11.3 Å². The molecule has 0 aliphatic rings. The molecule has 0 spiro atoms. The number of rotatable bonds is 10. The zero-order valence-corrected chi connectivity index (χ0v) is 16.8. The van der Waals surface area contributed by atoms with Gasteiger partial charge in [0, 0.05) is 17.8 Å². The minimum absolute atomic E-state index is 0.0934. The molecule has 2 aromatic rings. The summed E-state index contributed by atoms with van der Waals surface area (Å²) in [6.07, 6.45) is 2.07. The largest absolute Gasteiger partial charge is 0.494 e. The first kappa shape index (κ1) is 21.4. The van der Waals surface area contributed by atoms with Gasteiger partial charge >= 0.3 is 0 Å². The molecule has 150 valence electrons. The number of carbonyl (C=O) groups excluding carboxylic acids is 2. The second-order valence-corrected chi connectivity index (χ2v) is 6.85. The third-order valence-corrected chi connectivity index (χ3v) is 4.07. The van der Waals surface area contributed by atoms with Gasteiger partial charge in [0.1, 0.15) is 5.75 Å². The van der Waals surface area contributed by atoms with E-state index in [1.165, 1.54) is 0 Å². The first-order valence-corrected chi connectivity index (χ1v) is 9.53. The van der Waals surface area contributed by atoms with Crippen LogP contribution < -0.4 is 15.4 Å². The predicted octanol–water partition coefficient (Wildman–Crippen LogP) is 3.30. The molecule has 0 aliphatic carbocycles. The normalized spacial score (nSPS) is 10.6. The Labute approximate surface area is 166 Å². The Kier molecular flexibility index (Phi) is 8.49. The van der Waals surface area contributed by atoms with Gasteiger partial charge in [-0.25, -0.2) is 0 Å². The van der Waals surface area contributed by atoms with E-state index in [2.05, 4.69) is 17.6 Å². The quantitative estimate of drug-likeness (QED) is 0.618. The Morgan fingerprint density at radius 3 is 2.43 bits per heavy atom.